The minimum atomic E-state index is -0.987. The van der Waals surface area contributed by atoms with Crippen LogP contribution in [0.15, 0.2) is 0 Å². The predicted molar refractivity (Wildman–Crippen MR) is 37.3 cm³/mol. The molecule has 0 radical (unpaired) electrons. The first-order chi connectivity index (χ1) is 4.61. The number of carbonyl (C=O) groups is 1. The first-order valence-corrected chi connectivity index (χ1v) is 3.49. The average Bonchev–Trinajstić information content (AvgIpc) is 2.10. The molecule has 1 saturated heterocycles. The Morgan fingerprint density at radius 1 is 1.70 bits per heavy atom. The van der Waals surface area contributed by atoms with Crippen molar-refractivity contribution in [2.75, 3.05) is 6.54 Å². The number of aliphatic carboxylic acids is 1. The number of hydrogen-bond donors (Lipinski definition) is 3. The van der Waals surface area contributed by atoms with Crippen molar-refractivity contribution in [2.24, 2.45) is 0 Å². The molecule has 1 aliphatic rings. The lowest BCUT2D eigenvalue weighted by Crippen LogP contribution is -2.32. The fourth-order valence-corrected chi connectivity index (χ4v) is 1.39. The number of hydroxylamine groups is 2. The number of thiol groups is 1. The van der Waals surface area contributed by atoms with Gasteiger partial charge in [0.15, 0.2) is 0 Å². The zero-order chi connectivity index (χ0) is 7.72. The SMILES string of the molecule is O=C(O)[C@@H]1CC(S)CN1O. The molecule has 0 aromatic heterocycles. The van der Waals surface area contributed by atoms with Crippen LogP contribution in [0.2, 0.25) is 0 Å². The van der Waals surface area contributed by atoms with E-state index in [1.165, 1.54) is 0 Å². The number of hydrogen-bond acceptors (Lipinski definition) is 4. The molecule has 0 aromatic rings. The highest BCUT2D eigenvalue weighted by Gasteiger charge is 2.34. The van der Waals surface area contributed by atoms with E-state index in [1.54, 1.807) is 0 Å². The third-order valence-corrected chi connectivity index (χ3v) is 1.91. The molecule has 1 rings (SSSR count). The van der Waals surface area contributed by atoms with Gasteiger partial charge in [-0.3, -0.25) is 4.79 Å². The van der Waals surface area contributed by atoms with E-state index in [2.05, 4.69) is 12.6 Å². The molecule has 0 spiro atoms. The third kappa shape index (κ3) is 1.42. The maximum Gasteiger partial charge on any atom is 0.323 e. The van der Waals surface area contributed by atoms with Crippen LogP contribution in [-0.2, 0) is 4.79 Å². The van der Waals surface area contributed by atoms with Crippen LogP contribution in [0, 0.1) is 0 Å². The summed E-state index contributed by atoms with van der Waals surface area (Å²) in [6.45, 7) is 0.333. The molecule has 5 heteroatoms. The van der Waals surface area contributed by atoms with E-state index < -0.39 is 12.0 Å². The van der Waals surface area contributed by atoms with E-state index in [0.717, 1.165) is 5.06 Å². The number of carboxylic acids is 1. The second kappa shape index (κ2) is 2.77. The summed E-state index contributed by atoms with van der Waals surface area (Å²) in [6.07, 6.45) is 0.412. The van der Waals surface area contributed by atoms with Gasteiger partial charge in [-0.1, -0.05) is 0 Å². The highest BCUT2D eigenvalue weighted by Crippen LogP contribution is 2.19. The van der Waals surface area contributed by atoms with Gasteiger partial charge < -0.3 is 10.3 Å². The van der Waals surface area contributed by atoms with E-state index in [0.29, 0.717) is 13.0 Å². The molecule has 0 amide bonds. The smallest absolute Gasteiger partial charge is 0.323 e. The highest BCUT2D eigenvalue weighted by molar-refractivity contribution is 7.81. The standard InChI is InChI=1S/C5H9NO3S/c7-5(8)4-1-3(10)2-6(4)9/h3-4,9-10H,1-2H2,(H,7,8)/t3?,4-/m0/s1. The normalized spacial score (nSPS) is 34.6. The van der Waals surface area contributed by atoms with E-state index in [9.17, 15) is 4.79 Å². The maximum absolute atomic E-state index is 10.3. The second-order valence-corrected chi connectivity index (χ2v) is 3.10. The Hall–Kier alpha value is -0.260. The van der Waals surface area contributed by atoms with E-state index in [-0.39, 0.29) is 5.25 Å². The quantitative estimate of drug-likeness (QED) is 0.470. The van der Waals surface area contributed by atoms with Crippen LogP contribution in [0.4, 0.5) is 0 Å². The largest absolute Gasteiger partial charge is 0.480 e. The van der Waals surface area contributed by atoms with E-state index in [4.69, 9.17) is 10.3 Å². The minimum absolute atomic E-state index is 0.0221. The van der Waals surface area contributed by atoms with Crippen LogP contribution in [-0.4, -0.2) is 39.2 Å². The molecule has 0 bridgehead atoms. The fourth-order valence-electron chi connectivity index (χ4n) is 1.03. The molecule has 4 nitrogen and oxygen atoms in total. The van der Waals surface area contributed by atoms with Gasteiger partial charge in [-0.25, -0.2) is 0 Å². The Balaban J connectivity index is 2.54. The molecule has 2 N–H and O–H groups in total. The molecular weight excluding hydrogens is 154 g/mol. The summed E-state index contributed by atoms with van der Waals surface area (Å²) in [7, 11) is 0. The Bertz CT molecular complexity index is 152. The Morgan fingerprint density at radius 2 is 2.30 bits per heavy atom. The van der Waals surface area contributed by atoms with Gasteiger partial charge in [0.05, 0.1) is 0 Å². The lowest BCUT2D eigenvalue weighted by molar-refractivity contribution is -0.160. The van der Waals surface area contributed by atoms with E-state index >= 15 is 0 Å². The van der Waals surface area contributed by atoms with Crippen molar-refractivity contribution in [2.45, 2.75) is 17.7 Å². The molecule has 10 heavy (non-hydrogen) atoms. The minimum Gasteiger partial charge on any atom is -0.480 e. The van der Waals surface area contributed by atoms with Crippen molar-refractivity contribution in [3.8, 4) is 0 Å². The van der Waals surface area contributed by atoms with Crippen LogP contribution in [0.5, 0.6) is 0 Å². The lowest BCUT2D eigenvalue weighted by Gasteiger charge is -2.10. The maximum atomic E-state index is 10.3. The van der Waals surface area contributed by atoms with Crippen LogP contribution >= 0.6 is 12.6 Å². The zero-order valence-electron chi connectivity index (χ0n) is 5.27. The summed E-state index contributed by atoms with van der Waals surface area (Å²) in [5.74, 6) is -0.987. The van der Waals surface area contributed by atoms with Crippen LogP contribution in [0.1, 0.15) is 6.42 Å². The Morgan fingerprint density at radius 3 is 2.50 bits per heavy atom. The molecule has 0 saturated carbocycles. The van der Waals surface area contributed by atoms with Gasteiger partial charge in [0, 0.05) is 11.8 Å². The molecule has 1 heterocycles. The Labute approximate surface area is 63.8 Å². The van der Waals surface area contributed by atoms with Crippen LogP contribution in [0.25, 0.3) is 0 Å². The van der Waals surface area contributed by atoms with Crippen molar-refractivity contribution < 1.29 is 15.1 Å². The number of rotatable bonds is 1. The second-order valence-electron chi connectivity index (χ2n) is 2.37. The van der Waals surface area contributed by atoms with Gasteiger partial charge in [0.1, 0.15) is 6.04 Å². The van der Waals surface area contributed by atoms with Gasteiger partial charge in [0.25, 0.3) is 0 Å². The fraction of sp³-hybridized carbons (Fsp3) is 0.800. The Kier molecular flexibility index (Phi) is 2.18. The molecule has 0 aromatic carbocycles. The molecule has 58 valence electrons. The average molecular weight is 163 g/mol. The lowest BCUT2D eigenvalue weighted by atomic mass is 10.2. The topological polar surface area (TPSA) is 60.8 Å². The molecule has 1 fully saturated rings. The van der Waals surface area contributed by atoms with Gasteiger partial charge in [-0.2, -0.15) is 17.7 Å². The van der Waals surface area contributed by atoms with Crippen molar-refractivity contribution in [1.29, 1.82) is 0 Å². The summed E-state index contributed by atoms with van der Waals surface area (Å²) < 4.78 is 0. The van der Waals surface area contributed by atoms with Gasteiger partial charge in [-0.05, 0) is 6.42 Å². The van der Waals surface area contributed by atoms with Gasteiger partial charge in [0.2, 0.25) is 0 Å². The molecular formula is C5H9NO3S. The number of nitrogens with zero attached hydrogens (tertiary/aromatic N) is 1. The molecule has 0 aliphatic carbocycles. The molecule has 1 unspecified atom stereocenters. The summed E-state index contributed by atoms with van der Waals surface area (Å²) in [5, 5.41) is 18.2. The zero-order valence-corrected chi connectivity index (χ0v) is 6.16. The summed E-state index contributed by atoms with van der Waals surface area (Å²) >= 11 is 4.04. The van der Waals surface area contributed by atoms with Gasteiger partial charge in [-0.15, -0.1) is 0 Å². The first kappa shape index (κ1) is 7.84. The van der Waals surface area contributed by atoms with Crippen molar-refractivity contribution >= 4 is 18.6 Å². The highest BCUT2D eigenvalue weighted by atomic mass is 32.1. The van der Waals surface area contributed by atoms with Crippen molar-refractivity contribution in [3.63, 3.8) is 0 Å². The summed E-state index contributed by atoms with van der Waals surface area (Å²) in [4.78, 5) is 10.3. The predicted octanol–water partition coefficient (Wildman–Crippen LogP) is -0.167. The van der Waals surface area contributed by atoms with Crippen LogP contribution < -0.4 is 0 Å². The summed E-state index contributed by atoms with van der Waals surface area (Å²) in [6, 6.07) is -0.762. The first-order valence-electron chi connectivity index (χ1n) is 2.97. The summed E-state index contributed by atoms with van der Waals surface area (Å²) in [5.41, 5.74) is 0. The monoisotopic (exact) mass is 163 g/mol. The number of carboxylic acid groups (broad SMARTS) is 1. The third-order valence-electron chi connectivity index (χ3n) is 1.54. The van der Waals surface area contributed by atoms with Gasteiger partial charge >= 0.3 is 5.97 Å². The van der Waals surface area contributed by atoms with Crippen LogP contribution in [0.3, 0.4) is 0 Å². The van der Waals surface area contributed by atoms with Crippen molar-refractivity contribution in [1.82, 2.24) is 5.06 Å². The van der Waals surface area contributed by atoms with Crippen molar-refractivity contribution in [3.05, 3.63) is 0 Å². The van der Waals surface area contributed by atoms with E-state index in [1.807, 2.05) is 0 Å². The molecule has 2 atom stereocenters. The molecule has 1 aliphatic heterocycles.